The van der Waals surface area contributed by atoms with Crippen molar-refractivity contribution in [1.82, 2.24) is 4.98 Å². The van der Waals surface area contributed by atoms with Crippen molar-refractivity contribution in [3.05, 3.63) is 52.5 Å². The van der Waals surface area contributed by atoms with Crippen molar-refractivity contribution >= 4 is 33.2 Å². The Morgan fingerprint density at radius 1 is 1.39 bits per heavy atom. The molecule has 4 nitrogen and oxygen atoms in total. The zero-order valence-electron chi connectivity index (χ0n) is 9.15. The van der Waals surface area contributed by atoms with Crippen molar-refractivity contribution in [3.8, 4) is 0 Å². The van der Waals surface area contributed by atoms with Crippen LogP contribution in [0.3, 0.4) is 0 Å². The minimum atomic E-state index is -0.528. The quantitative estimate of drug-likeness (QED) is 0.896. The lowest BCUT2D eigenvalue weighted by Crippen LogP contribution is -2.15. The van der Waals surface area contributed by atoms with E-state index in [9.17, 15) is 9.18 Å². The summed E-state index contributed by atoms with van der Waals surface area (Å²) in [6.45, 7) is 0. The predicted molar refractivity (Wildman–Crippen MR) is 70.7 cm³/mol. The van der Waals surface area contributed by atoms with Crippen LogP contribution in [-0.2, 0) is 0 Å². The van der Waals surface area contributed by atoms with Crippen LogP contribution in [0.25, 0.3) is 0 Å². The molecule has 0 radical (unpaired) electrons. The number of benzene rings is 1. The number of anilines is 2. The van der Waals surface area contributed by atoms with Crippen LogP contribution in [0.15, 0.2) is 41.1 Å². The third-order valence-corrected chi connectivity index (χ3v) is 2.77. The summed E-state index contributed by atoms with van der Waals surface area (Å²) in [6, 6.07) is 5.87. The van der Waals surface area contributed by atoms with Crippen LogP contribution in [0.1, 0.15) is 10.4 Å². The summed E-state index contributed by atoms with van der Waals surface area (Å²) in [4.78, 5) is 15.7. The number of aromatic nitrogens is 1. The Kier molecular flexibility index (Phi) is 3.57. The lowest BCUT2D eigenvalue weighted by molar-refractivity contribution is 0.102. The number of carbonyl (C=O) groups is 1. The fraction of sp³-hybridized carbons (Fsp3) is 0. The van der Waals surface area contributed by atoms with E-state index in [0.29, 0.717) is 10.2 Å². The number of carbonyl (C=O) groups excluding carboxylic acids is 1. The molecule has 0 aliphatic heterocycles. The first-order valence-electron chi connectivity index (χ1n) is 5.04. The number of amides is 1. The first-order chi connectivity index (χ1) is 8.58. The van der Waals surface area contributed by atoms with Gasteiger partial charge in [0, 0.05) is 22.6 Å². The zero-order chi connectivity index (χ0) is 13.1. The highest BCUT2D eigenvalue weighted by molar-refractivity contribution is 9.10. The van der Waals surface area contributed by atoms with Gasteiger partial charge in [0.2, 0.25) is 0 Å². The molecule has 0 bridgehead atoms. The molecule has 0 atom stereocenters. The molecule has 1 aromatic heterocycles. The van der Waals surface area contributed by atoms with E-state index >= 15 is 0 Å². The molecule has 1 heterocycles. The van der Waals surface area contributed by atoms with Gasteiger partial charge in [-0.1, -0.05) is 15.9 Å². The Balaban J connectivity index is 2.24. The average Bonchev–Trinajstić information content (AvgIpc) is 2.33. The number of nitrogens with two attached hydrogens (primary N) is 1. The number of hydrogen-bond donors (Lipinski definition) is 2. The molecule has 0 saturated heterocycles. The van der Waals surface area contributed by atoms with Gasteiger partial charge in [-0.2, -0.15) is 0 Å². The molecule has 0 aliphatic carbocycles. The normalized spacial score (nSPS) is 10.1. The molecular formula is C12H9BrFN3O. The smallest absolute Gasteiger partial charge is 0.259 e. The molecule has 0 fully saturated rings. The Morgan fingerprint density at radius 3 is 2.83 bits per heavy atom. The van der Waals surface area contributed by atoms with Crippen LogP contribution in [0.2, 0.25) is 0 Å². The molecule has 18 heavy (non-hydrogen) atoms. The molecule has 0 saturated carbocycles. The van der Waals surface area contributed by atoms with Crippen molar-refractivity contribution in [2.24, 2.45) is 0 Å². The number of rotatable bonds is 2. The lowest BCUT2D eigenvalue weighted by atomic mass is 10.2. The van der Waals surface area contributed by atoms with Crippen LogP contribution in [0.5, 0.6) is 0 Å². The van der Waals surface area contributed by atoms with Crippen molar-refractivity contribution in [1.29, 1.82) is 0 Å². The highest BCUT2D eigenvalue weighted by Gasteiger charge is 2.12. The number of nitrogen functional groups attached to an aromatic ring is 1. The Labute approximate surface area is 111 Å². The van der Waals surface area contributed by atoms with Gasteiger partial charge >= 0.3 is 0 Å². The van der Waals surface area contributed by atoms with Crippen molar-refractivity contribution in [2.75, 3.05) is 11.1 Å². The maximum Gasteiger partial charge on any atom is 0.259 e. The molecule has 0 aliphatic rings. The van der Waals surface area contributed by atoms with E-state index in [1.54, 1.807) is 6.07 Å². The summed E-state index contributed by atoms with van der Waals surface area (Å²) in [7, 11) is 0. The van der Waals surface area contributed by atoms with Gasteiger partial charge in [0.15, 0.2) is 0 Å². The first-order valence-corrected chi connectivity index (χ1v) is 5.83. The van der Waals surface area contributed by atoms with Crippen LogP contribution in [-0.4, -0.2) is 10.9 Å². The van der Waals surface area contributed by atoms with E-state index in [1.165, 1.54) is 30.6 Å². The molecule has 3 N–H and O–H groups in total. The molecule has 1 amide bonds. The van der Waals surface area contributed by atoms with Crippen LogP contribution < -0.4 is 11.1 Å². The fourth-order valence-electron chi connectivity index (χ4n) is 1.38. The molecule has 92 valence electrons. The summed E-state index contributed by atoms with van der Waals surface area (Å²) in [6.07, 6.45) is 2.81. The fourth-order valence-corrected chi connectivity index (χ4v) is 1.71. The van der Waals surface area contributed by atoms with E-state index in [1.807, 2.05) is 0 Å². The number of halogens is 2. The highest BCUT2D eigenvalue weighted by atomic mass is 79.9. The van der Waals surface area contributed by atoms with Crippen LogP contribution >= 0.6 is 15.9 Å². The molecule has 0 unspecified atom stereocenters. The third kappa shape index (κ3) is 2.65. The summed E-state index contributed by atoms with van der Waals surface area (Å²) in [5.74, 6) is -1.03. The Hall–Kier alpha value is -1.95. The molecule has 6 heteroatoms. The summed E-state index contributed by atoms with van der Waals surface area (Å²) in [5.41, 5.74) is 6.22. The summed E-state index contributed by atoms with van der Waals surface area (Å²) >= 11 is 3.14. The van der Waals surface area contributed by atoms with Gasteiger partial charge in [0.25, 0.3) is 5.91 Å². The van der Waals surface area contributed by atoms with Gasteiger partial charge in [-0.15, -0.1) is 0 Å². The van der Waals surface area contributed by atoms with Gasteiger partial charge in [-0.3, -0.25) is 9.78 Å². The number of hydrogen-bond acceptors (Lipinski definition) is 3. The Morgan fingerprint density at radius 2 is 2.17 bits per heavy atom. The Bertz CT molecular complexity index is 604. The van der Waals surface area contributed by atoms with Gasteiger partial charge in [-0.05, 0) is 24.3 Å². The average molecular weight is 310 g/mol. The third-order valence-electron chi connectivity index (χ3n) is 2.28. The number of nitrogens with zero attached hydrogens (tertiary/aromatic N) is 1. The summed E-state index contributed by atoms with van der Waals surface area (Å²) < 4.78 is 14.1. The molecular weight excluding hydrogens is 301 g/mol. The first kappa shape index (κ1) is 12.5. The standard InChI is InChI=1S/C12H9BrFN3O/c13-7-1-2-11(9(14)5-7)17-12(18)8-6-16-4-3-10(8)15/h1-6H,(H2,15,16)(H,17,18). The van der Waals surface area contributed by atoms with Crippen LogP contribution in [0, 0.1) is 5.82 Å². The van der Waals surface area contributed by atoms with Gasteiger partial charge in [-0.25, -0.2) is 4.39 Å². The molecule has 2 rings (SSSR count). The number of pyridine rings is 1. The van der Waals surface area contributed by atoms with Crippen molar-refractivity contribution in [3.63, 3.8) is 0 Å². The largest absolute Gasteiger partial charge is 0.398 e. The molecule has 1 aromatic carbocycles. The SMILES string of the molecule is Nc1ccncc1C(=O)Nc1ccc(Br)cc1F. The maximum atomic E-state index is 13.5. The zero-order valence-corrected chi connectivity index (χ0v) is 10.7. The van der Waals surface area contributed by atoms with Crippen molar-refractivity contribution in [2.45, 2.75) is 0 Å². The highest BCUT2D eigenvalue weighted by Crippen LogP contribution is 2.20. The van der Waals surface area contributed by atoms with E-state index < -0.39 is 11.7 Å². The van der Waals surface area contributed by atoms with E-state index in [2.05, 4.69) is 26.2 Å². The van der Waals surface area contributed by atoms with E-state index in [0.717, 1.165) is 0 Å². The van der Waals surface area contributed by atoms with Gasteiger partial charge in [0.05, 0.1) is 11.3 Å². The second kappa shape index (κ2) is 5.14. The lowest BCUT2D eigenvalue weighted by Gasteiger charge is -2.08. The summed E-state index contributed by atoms with van der Waals surface area (Å²) in [5, 5.41) is 2.44. The molecule has 0 spiro atoms. The van der Waals surface area contributed by atoms with Gasteiger partial charge < -0.3 is 11.1 Å². The minimum Gasteiger partial charge on any atom is -0.398 e. The topological polar surface area (TPSA) is 68.0 Å². The molecule has 2 aromatic rings. The van der Waals surface area contributed by atoms with Crippen LogP contribution in [0.4, 0.5) is 15.8 Å². The number of nitrogens with one attached hydrogen (secondary N) is 1. The van der Waals surface area contributed by atoms with Crippen molar-refractivity contribution < 1.29 is 9.18 Å². The monoisotopic (exact) mass is 309 g/mol. The second-order valence-corrected chi connectivity index (χ2v) is 4.46. The second-order valence-electron chi connectivity index (χ2n) is 3.54. The van der Waals surface area contributed by atoms with Gasteiger partial charge in [0.1, 0.15) is 5.82 Å². The minimum absolute atomic E-state index is 0.0893. The predicted octanol–water partition coefficient (Wildman–Crippen LogP) is 2.82. The maximum absolute atomic E-state index is 13.5. The van der Waals surface area contributed by atoms with E-state index in [-0.39, 0.29) is 11.3 Å². The van der Waals surface area contributed by atoms with E-state index in [4.69, 9.17) is 5.73 Å².